The van der Waals surface area contributed by atoms with Gasteiger partial charge in [0.25, 0.3) is 10.2 Å². The summed E-state index contributed by atoms with van der Waals surface area (Å²) in [7, 11) is 0.179. The van der Waals surface area contributed by atoms with Crippen molar-refractivity contribution in [2.24, 2.45) is 5.73 Å². The van der Waals surface area contributed by atoms with Crippen LogP contribution in [-0.2, 0) is 14.9 Å². The van der Waals surface area contributed by atoms with Crippen LogP contribution in [0.1, 0.15) is 19.3 Å². The summed E-state index contributed by atoms with van der Waals surface area (Å²) in [6, 6.07) is -0.0625. The number of rotatable bonds is 9. The van der Waals surface area contributed by atoms with E-state index in [1.165, 1.54) is 4.31 Å². The van der Waals surface area contributed by atoms with E-state index < -0.39 is 10.2 Å². The Morgan fingerprint density at radius 2 is 2.15 bits per heavy atom. The third kappa shape index (κ3) is 5.63. The van der Waals surface area contributed by atoms with E-state index in [1.807, 2.05) is 11.9 Å². The van der Waals surface area contributed by atoms with Gasteiger partial charge < -0.3 is 15.4 Å². The fourth-order valence-corrected chi connectivity index (χ4v) is 3.80. The highest BCUT2D eigenvalue weighted by Gasteiger charge is 2.30. The summed E-state index contributed by atoms with van der Waals surface area (Å²) >= 11 is 0. The minimum absolute atomic E-state index is 0.0625. The molecule has 0 saturated carbocycles. The molecule has 8 heteroatoms. The molecule has 1 rings (SSSR count). The molecule has 0 aliphatic carbocycles. The van der Waals surface area contributed by atoms with Crippen LogP contribution >= 0.6 is 0 Å². The molecule has 120 valence electrons. The van der Waals surface area contributed by atoms with E-state index in [4.69, 9.17) is 10.5 Å². The topological polar surface area (TPSA) is 87.9 Å². The van der Waals surface area contributed by atoms with E-state index in [9.17, 15) is 8.42 Å². The fraction of sp³-hybridized carbons (Fsp3) is 1.00. The second-order valence-electron chi connectivity index (χ2n) is 5.19. The van der Waals surface area contributed by atoms with Gasteiger partial charge in [-0.3, -0.25) is 0 Å². The van der Waals surface area contributed by atoms with Crippen LogP contribution in [0.3, 0.4) is 0 Å². The summed E-state index contributed by atoms with van der Waals surface area (Å²) in [5.74, 6) is 0. The zero-order chi connectivity index (χ0) is 15.0. The highest BCUT2D eigenvalue weighted by Crippen LogP contribution is 2.18. The molecule has 7 nitrogen and oxygen atoms in total. The van der Waals surface area contributed by atoms with Gasteiger partial charge in [0.2, 0.25) is 0 Å². The summed E-state index contributed by atoms with van der Waals surface area (Å²) in [6.07, 6.45) is 2.81. The van der Waals surface area contributed by atoms with Crippen LogP contribution in [0.15, 0.2) is 0 Å². The second kappa shape index (κ2) is 8.91. The Bertz CT molecular complexity index is 364. The van der Waals surface area contributed by atoms with Crippen LogP contribution in [0.25, 0.3) is 0 Å². The second-order valence-corrected chi connectivity index (χ2v) is 6.90. The molecule has 1 unspecified atom stereocenters. The molecule has 0 aromatic heterocycles. The molecular weight excluding hydrogens is 280 g/mol. The highest BCUT2D eigenvalue weighted by atomic mass is 32.2. The van der Waals surface area contributed by atoms with Gasteiger partial charge in [-0.2, -0.15) is 12.7 Å². The largest absolute Gasteiger partial charge is 0.383 e. The van der Waals surface area contributed by atoms with Gasteiger partial charge in [-0.1, -0.05) is 6.42 Å². The maximum absolute atomic E-state index is 12.3. The van der Waals surface area contributed by atoms with Gasteiger partial charge >= 0.3 is 0 Å². The summed E-state index contributed by atoms with van der Waals surface area (Å²) in [4.78, 5) is 2.03. The van der Waals surface area contributed by atoms with Crippen LogP contribution < -0.4 is 10.5 Å². The minimum Gasteiger partial charge on any atom is -0.383 e. The minimum atomic E-state index is -3.42. The zero-order valence-electron chi connectivity index (χ0n) is 12.5. The van der Waals surface area contributed by atoms with Crippen LogP contribution in [0.5, 0.6) is 0 Å². The maximum Gasteiger partial charge on any atom is 0.279 e. The Kier molecular flexibility index (Phi) is 7.93. The van der Waals surface area contributed by atoms with Crippen molar-refractivity contribution in [3.63, 3.8) is 0 Å². The summed E-state index contributed by atoms with van der Waals surface area (Å²) < 4.78 is 33.7. The molecule has 0 aromatic carbocycles. The van der Waals surface area contributed by atoms with Crippen LogP contribution in [0, 0.1) is 0 Å². The van der Waals surface area contributed by atoms with Crippen molar-refractivity contribution in [2.75, 3.05) is 53.5 Å². The number of hydrogen-bond acceptors (Lipinski definition) is 5. The summed E-state index contributed by atoms with van der Waals surface area (Å²) in [6.45, 7) is 3.43. The molecule has 0 bridgehead atoms. The number of methoxy groups -OCH3 is 1. The molecule has 1 heterocycles. The summed E-state index contributed by atoms with van der Waals surface area (Å²) in [5.41, 5.74) is 5.67. The van der Waals surface area contributed by atoms with Gasteiger partial charge in [-0.05, 0) is 19.9 Å². The highest BCUT2D eigenvalue weighted by molar-refractivity contribution is 7.87. The monoisotopic (exact) mass is 308 g/mol. The molecule has 0 amide bonds. The maximum atomic E-state index is 12.3. The average Bonchev–Trinajstić information content (AvgIpc) is 2.44. The van der Waals surface area contributed by atoms with Crippen LogP contribution in [0.4, 0.5) is 0 Å². The van der Waals surface area contributed by atoms with Crippen molar-refractivity contribution < 1.29 is 13.2 Å². The third-order valence-electron chi connectivity index (χ3n) is 3.61. The van der Waals surface area contributed by atoms with Crippen LogP contribution in [0.2, 0.25) is 0 Å². The quantitative estimate of drug-likeness (QED) is 0.583. The number of nitrogens with two attached hydrogens (primary N) is 1. The standard InChI is InChI=1S/C12H28N4O3S/c1-15(9-10-19-2)8-6-14-20(17,18)16-7-4-3-5-12(16)11-13/h12,14H,3-11,13H2,1-2H3. The molecule has 0 aromatic rings. The van der Waals surface area contributed by atoms with E-state index in [1.54, 1.807) is 7.11 Å². The van der Waals surface area contributed by atoms with Gasteiger partial charge in [0, 0.05) is 45.9 Å². The summed E-state index contributed by atoms with van der Waals surface area (Å²) in [5, 5.41) is 0. The molecule has 1 aliphatic heterocycles. The Labute approximate surface area is 122 Å². The van der Waals surface area contributed by atoms with Crippen molar-refractivity contribution >= 4 is 10.2 Å². The molecule has 0 radical (unpaired) electrons. The first kappa shape index (κ1) is 17.8. The lowest BCUT2D eigenvalue weighted by Gasteiger charge is -2.33. The molecule has 1 saturated heterocycles. The molecule has 3 N–H and O–H groups in total. The Morgan fingerprint density at radius 3 is 2.80 bits per heavy atom. The lowest BCUT2D eigenvalue weighted by Crippen LogP contribution is -2.52. The molecule has 1 aliphatic rings. The number of hydrogen-bond donors (Lipinski definition) is 2. The van der Waals surface area contributed by atoms with E-state index in [0.29, 0.717) is 32.8 Å². The normalized spacial score (nSPS) is 21.5. The smallest absolute Gasteiger partial charge is 0.279 e. The van der Waals surface area contributed by atoms with Crippen molar-refractivity contribution in [2.45, 2.75) is 25.3 Å². The number of likely N-dealkylation sites (N-methyl/N-ethyl adjacent to an activating group) is 1. The molecule has 0 spiro atoms. The van der Waals surface area contributed by atoms with Gasteiger partial charge in [-0.25, -0.2) is 4.72 Å². The molecule has 1 atom stereocenters. The zero-order valence-corrected chi connectivity index (χ0v) is 13.4. The number of piperidine rings is 1. The number of nitrogens with one attached hydrogen (secondary N) is 1. The van der Waals surface area contributed by atoms with Gasteiger partial charge in [0.15, 0.2) is 0 Å². The van der Waals surface area contributed by atoms with Crippen molar-refractivity contribution in [1.82, 2.24) is 13.9 Å². The van der Waals surface area contributed by atoms with E-state index >= 15 is 0 Å². The van der Waals surface area contributed by atoms with Gasteiger partial charge in [-0.15, -0.1) is 0 Å². The Balaban J connectivity index is 2.40. The third-order valence-corrected chi connectivity index (χ3v) is 5.28. The molecule has 20 heavy (non-hydrogen) atoms. The van der Waals surface area contributed by atoms with E-state index in [0.717, 1.165) is 25.8 Å². The predicted molar refractivity (Wildman–Crippen MR) is 79.7 cm³/mol. The molecule has 1 fully saturated rings. The molecular formula is C12H28N4O3S. The van der Waals surface area contributed by atoms with E-state index in [-0.39, 0.29) is 6.04 Å². The predicted octanol–water partition coefficient (Wildman–Crippen LogP) is -0.788. The van der Waals surface area contributed by atoms with Crippen LogP contribution in [-0.4, -0.2) is 77.2 Å². The van der Waals surface area contributed by atoms with Gasteiger partial charge in [0.1, 0.15) is 0 Å². The first-order chi connectivity index (χ1) is 9.51. The fourth-order valence-electron chi connectivity index (χ4n) is 2.33. The SMILES string of the molecule is COCCN(C)CCNS(=O)(=O)N1CCCCC1CN. The van der Waals surface area contributed by atoms with Crippen molar-refractivity contribution in [3.8, 4) is 0 Å². The Hall–Kier alpha value is -0.250. The first-order valence-electron chi connectivity index (χ1n) is 7.15. The van der Waals surface area contributed by atoms with Gasteiger partial charge in [0.05, 0.1) is 6.61 Å². The lowest BCUT2D eigenvalue weighted by atomic mass is 10.1. The number of ether oxygens (including phenoxy) is 1. The lowest BCUT2D eigenvalue weighted by molar-refractivity contribution is 0.162. The number of nitrogens with zero attached hydrogens (tertiary/aromatic N) is 2. The van der Waals surface area contributed by atoms with E-state index in [2.05, 4.69) is 4.72 Å². The van der Waals surface area contributed by atoms with Crippen molar-refractivity contribution in [3.05, 3.63) is 0 Å². The average molecular weight is 308 g/mol. The first-order valence-corrected chi connectivity index (χ1v) is 8.59. The van der Waals surface area contributed by atoms with Crippen molar-refractivity contribution in [1.29, 1.82) is 0 Å². The Morgan fingerprint density at radius 1 is 1.40 bits per heavy atom.